The molecule has 0 spiro atoms. The standard InChI is InChI=1S/C24H31NO5/c1-5-18-8-12-20(13-9-18)25(6-2)23(26)17(4)30-21-14-10-19(11-15-21)16-22(24(27)28)29-7-3/h8-15,17,22H,5-7,16H2,1-4H3,(H,27,28). The van der Waals surface area contributed by atoms with E-state index in [1.165, 1.54) is 5.56 Å². The lowest BCUT2D eigenvalue weighted by molar-refractivity contribution is -0.150. The maximum absolute atomic E-state index is 12.9. The molecule has 0 fully saturated rings. The quantitative estimate of drug-likeness (QED) is 0.600. The molecule has 162 valence electrons. The summed E-state index contributed by atoms with van der Waals surface area (Å²) < 4.78 is 11.1. The minimum atomic E-state index is -0.983. The number of carbonyl (C=O) groups is 2. The number of anilines is 1. The Hall–Kier alpha value is -2.86. The van der Waals surface area contributed by atoms with Gasteiger partial charge < -0.3 is 19.5 Å². The van der Waals surface area contributed by atoms with Crippen molar-refractivity contribution in [1.82, 2.24) is 0 Å². The van der Waals surface area contributed by atoms with Gasteiger partial charge in [0.2, 0.25) is 0 Å². The molecular formula is C24H31NO5. The number of nitrogens with zero attached hydrogens (tertiary/aromatic N) is 1. The number of carbonyl (C=O) groups excluding carboxylic acids is 1. The summed E-state index contributed by atoms with van der Waals surface area (Å²) in [4.78, 5) is 25.9. The second kappa shape index (κ2) is 11.4. The molecule has 0 aliphatic carbocycles. The van der Waals surface area contributed by atoms with E-state index in [9.17, 15) is 14.7 Å². The maximum atomic E-state index is 12.9. The van der Waals surface area contributed by atoms with E-state index >= 15 is 0 Å². The van der Waals surface area contributed by atoms with E-state index in [1.807, 2.05) is 31.2 Å². The average molecular weight is 414 g/mol. The molecule has 0 heterocycles. The lowest BCUT2D eigenvalue weighted by Crippen LogP contribution is -2.40. The number of likely N-dealkylation sites (N-methyl/N-ethyl adjacent to an activating group) is 1. The fraction of sp³-hybridized carbons (Fsp3) is 0.417. The predicted octanol–water partition coefficient (Wildman–Crippen LogP) is 4.10. The Morgan fingerprint density at radius 1 is 0.967 bits per heavy atom. The Morgan fingerprint density at radius 2 is 1.57 bits per heavy atom. The number of aryl methyl sites for hydroxylation is 1. The number of hydrogen-bond acceptors (Lipinski definition) is 4. The molecule has 1 amide bonds. The maximum Gasteiger partial charge on any atom is 0.333 e. The van der Waals surface area contributed by atoms with Crippen molar-refractivity contribution in [2.45, 2.75) is 52.7 Å². The van der Waals surface area contributed by atoms with Crippen LogP contribution in [0, 0.1) is 0 Å². The Kier molecular flexibility index (Phi) is 8.87. The highest BCUT2D eigenvalue weighted by Gasteiger charge is 2.23. The van der Waals surface area contributed by atoms with E-state index in [1.54, 1.807) is 43.0 Å². The predicted molar refractivity (Wildman–Crippen MR) is 117 cm³/mol. The van der Waals surface area contributed by atoms with Crippen molar-refractivity contribution in [3.63, 3.8) is 0 Å². The molecule has 6 nitrogen and oxygen atoms in total. The van der Waals surface area contributed by atoms with Crippen LogP contribution in [0.25, 0.3) is 0 Å². The van der Waals surface area contributed by atoms with E-state index < -0.39 is 18.2 Å². The topological polar surface area (TPSA) is 76.1 Å². The molecule has 2 atom stereocenters. The first-order valence-electron chi connectivity index (χ1n) is 10.4. The Bertz CT molecular complexity index is 816. The minimum Gasteiger partial charge on any atom is -0.481 e. The second-order valence-corrected chi connectivity index (χ2v) is 6.99. The third kappa shape index (κ3) is 6.32. The highest BCUT2D eigenvalue weighted by molar-refractivity contribution is 5.96. The van der Waals surface area contributed by atoms with Crippen LogP contribution in [-0.2, 0) is 27.2 Å². The largest absolute Gasteiger partial charge is 0.481 e. The van der Waals surface area contributed by atoms with Gasteiger partial charge in [-0.25, -0.2) is 4.79 Å². The summed E-state index contributed by atoms with van der Waals surface area (Å²) in [5.74, 6) is -0.545. The van der Waals surface area contributed by atoms with E-state index in [4.69, 9.17) is 9.47 Å². The first kappa shape index (κ1) is 23.4. The second-order valence-electron chi connectivity index (χ2n) is 6.99. The first-order chi connectivity index (χ1) is 14.4. The molecule has 2 aromatic rings. The summed E-state index contributed by atoms with van der Waals surface area (Å²) >= 11 is 0. The molecule has 0 aliphatic heterocycles. The normalized spacial score (nSPS) is 12.8. The molecule has 0 saturated carbocycles. The summed E-state index contributed by atoms with van der Waals surface area (Å²) in [5.41, 5.74) is 2.90. The third-order valence-corrected chi connectivity index (χ3v) is 4.89. The van der Waals surface area contributed by atoms with E-state index in [0.717, 1.165) is 17.7 Å². The summed E-state index contributed by atoms with van der Waals surface area (Å²) in [6.45, 7) is 8.41. The van der Waals surface area contributed by atoms with Crippen LogP contribution in [-0.4, -0.2) is 42.3 Å². The highest BCUT2D eigenvalue weighted by Crippen LogP contribution is 2.20. The average Bonchev–Trinajstić information content (AvgIpc) is 2.75. The van der Waals surface area contributed by atoms with Gasteiger partial charge in [-0.1, -0.05) is 31.2 Å². The van der Waals surface area contributed by atoms with Crippen molar-refractivity contribution in [3.05, 3.63) is 59.7 Å². The number of rotatable bonds is 11. The van der Waals surface area contributed by atoms with Crippen LogP contribution in [0.5, 0.6) is 5.75 Å². The monoisotopic (exact) mass is 413 g/mol. The van der Waals surface area contributed by atoms with Crippen molar-refractivity contribution >= 4 is 17.6 Å². The Morgan fingerprint density at radius 3 is 2.07 bits per heavy atom. The molecule has 0 aromatic heterocycles. The molecule has 0 radical (unpaired) electrons. The van der Waals surface area contributed by atoms with Crippen LogP contribution in [0.15, 0.2) is 48.5 Å². The first-order valence-corrected chi connectivity index (χ1v) is 10.4. The van der Waals surface area contributed by atoms with Gasteiger partial charge in [0.25, 0.3) is 5.91 Å². The van der Waals surface area contributed by atoms with Gasteiger partial charge >= 0.3 is 5.97 Å². The molecular weight excluding hydrogens is 382 g/mol. The zero-order valence-corrected chi connectivity index (χ0v) is 18.1. The molecule has 0 saturated heterocycles. The van der Waals surface area contributed by atoms with E-state index in [-0.39, 0.29) is 12.3 Å². The summed E-state index contributed by atoms with van der Waals surface area (Å²) in [5, 5.41) is 9.21. The van der Waals surface area contributed by atoms with Crippen LogP contribution < -0.4 is 9.64 Å². The molecule has 2 rings (SSSR count). The fourth-order valence-corrected chi connectivity index (χ4v) is 3.19. The van der Waals surface area contributed by atoms with Crippen LogP contribution in [0.4, 0.5) is 5.69 Å². The molecule has 30 heavy (non-hydrogen) atoms. The van der Waals surface area contributed by atoms with Crippen molar-refractivity contribution in [3.8, 4) is 5.75 Å². The minimum absolute atomic E-state index is 0.117. The highest BCUT2D eigenvalue weighted by atomic mass is 16.5. The lowest BCUT2D eigenvalue weighted by atomic mass is 10.1. The smallest absolute Gasteiger partial charge is 0.333 e. The van der Waals surface area contributed by atoms with E-state index in [0.29, 0.717) is 18.9 Å². The SMILES string of the molecule is CCOC(Cc1ccc(OC(C)C(=O)N(CC)c2ccc(CC)cc2)cc1)C(=O)O. The number of carboxylic acids is 1. The fourth-order valence-electron chi connectivity index (χ4n) is 3.19. The zero-order chi connectivity index (χ0) is 22.1. The van der Waals surface area contributed by atoms with Gasteiger partial charge in [0.1, 0.15) is 5.75 Å². The molecule has 0 aliphatic rings. The number of aliphatic carboxylic acids is 1. The third-order valence-electron chi connectivity index (χ3n) is 4.89. The molecule has 2 aromatic carbocycles. The number of hydrogen-bond donors (Lipinski definition) is 1. The van der Waals surface area contributed by atoms with Crippen molar-refractivity contribution < 1.29 is 24.2 Å². The number of carboxylic acid groups (broad SMARTS) is 1. The lowest BCUT2D eigenvalue weighted by Gasteiger charge is -2.25. The van der Waals surface area contributed by atoms with Gasteiger partial charge in [-0.05, 0) is 62.6 Å². The summed E-state index contributed by atoms with van der Waals surface area (Å²) in [6, 6.07) is 15.1. The summed E-state index contributed by atoms with van der Waals surface area (Å²) in [7, 11) is 0. The van der Waals surface area contributed by atoms with E-state index in [2.05, 4.69) is 6.92 Å². The Labute approximate surface area is 178 Å². The van der Waals surface area contributed by atoms with Gasteiger partial charge in [-0.3, -0.25) is 4.79 Å². The van der Waals surface area contributed by atoms with Gasteiger partial charge in [0.15, 0.2) is 12.2 Å². The summed E-state index contributed by atoms with van der Waals surface area (Å²) in [6.07, 6.45) is -0.306. The molecule has 6 heteroatoms. The van der Waals surface area contributed by atoms with Crippen LogP contribution >= 0.6 is 0 Å². The van der Waals surface area contributed by atoms with Crippen LogP contribution in [0.1, 0.15) is 38.8 Å². The van der Waals surface area contributed by atoms with Crippen molar-refractivity contribution in [2.24, 2.45) is 0 Å². The molecule has 0 bridgehead atoms. The van der Waals surface area contributed by atoms with Gasteiger partial charge in [-0.15, -0.1) is 0 Å². The van der Waals surface area contributed by atoms with Crippen molar-refractivity contribution in [1.29, 1.82) is 0 Å². The Balaban J connectivity index is 2.02. The van der Waals surface area contributed by atoms with Gasteiger partial charge in [0, 0.05) is 25.3 Å². The number of benzene rings is 2. The van der Waals surface area contributed by atoms with Gasteiger partial charge in [-0.2, -0.15) is 0 Å². The number of ether oxygens (including phenoxy) is 2. The van der Waals surface area contributed by atoms with Crippen LogP contribution in [0.3, 0.4) is 0 Å². The van der Waals surface area contributed by atoms with Crippen molar-refractivity contribution in [2.75, 3.05) is 18.1 Å². The molecule has 2 unspecified atom stereocenters. The zero-order valence-electron chi connectivity index (χ0n) is 18.1. The van der Waals surface area contributed by atoms with Crippen LogP contribution in [0.2, 0.25) is 0 Å². The molecule has 1 N–H and O–H groups in total. The van der Waals surface area contributed by atoms with Gasteiger partial charge in [0.05, 0.1) is 0 Å². The number of amides is 1.